The molecule has 0 radical (unpaired) electrons. The zero-order valence-corrected chi connectivity index (χ0v) is 15.1. The van der Waals surface area contributed by atoms with E-state index in [0.717, 1.165) is 18.7 Å². The Balaban J connectivity index is 2.24. The monoisotopic (exact) mass is 370 g/mol. The van der Waals surface area contributed by atoms with E-state index < -0.39 is 17.4 Å². The first kappa shape index (κ1) is 19.6. The van der Waals surface area contributed by atoms with Crippen molar-refractivity contribution < 1.29 is 19.4 Å². The Hall–Kier alpha value is -2.69. The minimum atomic E-state index is -2.34. The Labute approximate surface area is 157 Å². The summed E-state index contributed by atoms with van der Waals surface area (Å²) in [6.07, 6.45) is 2.38. The van der Waals surface area contributed by atoms with E-state index in [1.54, 1.807) is 48.5 Å². The molecular weight excluding hydrogens is 352 g/mol. The van der Waals surface area contributed by atoms with Gasteiger partial charge in [-0.2, -0.15) is 0 Å². The van der Waals surface area contributed by atoms with E-state index in [0.29, 0.717) is 16.2 Å². The molecule has 26 heavy (non-hydrogen) atoms. The van der Waals surface area contributed by atoms with Gasteiger partial charge in [0.1, 0.15) is 0 Å². The predicted molar refractivity (Wildman–Crippen MR) is 103 cm³/mol. The van der Waals surface area contributed by atoms with Gasteiger partial charge in [0.15, 0.2) is 5.78 Å². The van der Waals surface area contributed by atoms with Crippen molar-refractivity contribution in [2.24, 2.45) is 0 Å². The van der Waals surface area contributed by atoms with Crippen LogP contribution in [0, 0.1) is 0 Å². The number of hydrogen-bond acceptors (Lipinski definition) is 4. The predicted octanol–water partition coefficient (Wildman–Crippen LogP) is 3.93. The van der Waals surface area contributed by atoms with Crippen molar-refractivity contribution in [1.29, 1.82) is 0 Å². The molecule has 5 heteroatoms. The molecule has 0 unspecified atom stereocenters. The van der Waals surface area contributed by atoms with Gasteiger partial charge in [-0.25, -0.2) is 4.79 Å². The minimum Gasteiger partial charge on any atom is -0.467 e. The largest absolute Gasteiger partial charge is 0.467 e. The lowest BCUT2D eigenvalue weighted by Crippen LogP contribution is -2.46. The van der Waals surface area contributed by atoms with Gasteiger partial charge >= 0.3 is 5.97 Å². The summed E-state index contributed by atoms with van der Waals surface area (Å²) in [5.41, 5.74) is -0.460. The Morgan fingerprint density at radius 3 is 2.35 bits per heavy atom. The molecule has 0 fully saturated rings. The number of carbonyl (C=O) groups is 2. The Morgan fingerprint density at radius 1 is 1.15 bits per heavy atom. The van der Waals surface area contributed by atoms with E-state index in [9.17, 15) is 14.7 Å². The molecule has 0 saturated carbocycles. The van der Waals surface area contributed by atoms with Crippen LogP contribution in [0.25, 0.3) is 11.6 Å². The highest BCUT2D eigenvalue weighted by Crippen LogP contribution is 2.26. The van der Waals surface area contributed by atoms with Gasteiger partial charge in [-0.05, 0) is 34.9 Å². The van der Waals surface area contributed by atoms with Gasteiger partial charge in [0.05, 0.1) is 7.11 Å². The normalized spacial score (nSPS) is 13.2. The smallest absolute Gasteiger partial charge is 0.346 e. The third-order valence-corrected chi connectivity index (χ3v) is 4.13. The molecule has 0 aliphatic carbocycles. The van der Waals surface area contributed by atoms with Gasteiger partial charge in [0.25, 0.3) is 0 Å². The van der Waals surface area contributed by atoms with E-state index in [2.05, 4.69) is 11.3 Å². The van der Waals surface area contributed by atoms with Gasteiger partial charge in [0, 0.05) is 11.4 Å². The molecule has 2 aromatic carbocycles. The molecule has 0 bridgehead atoms. The lowest BCUT2D eigenvalue weighted by molar-refractivity contribution is -0.165. The van der Waals surface area contributed by atoms with Crippen molar-refractivity contribution in [3.8, 4) is 0 Å². The van der Waals surface area contributed by atoms with Crippen molar-refractivity contribution in [2.45, 2.75) is 12.0 Å². The van der Waals surface area contributed by atoms with E-state index in [4.69, 9.17) is 11.6 Å². The summed E-state index contributed by atoms with van der Waals surface area (Å²) in [4.78, 5) is 24.7. The first-order chi connectivity index (χ1) is 12.4. The second kappa shape index (κ2) is 8.61. The summed E-state index contributed by atoms with van der Waals surface area (Å²) >= 11 is 5.82. The standard InChI is InChI=1S/C21H19ClO4/c1-15(17-6-4-3-5-7-17)14-21(25,20(24)26-2)19(23)13-10-16-8-11-18(22)12-9-16/h3-13,25H,1,14H2,2H3/b13-10+/t21-/m0/s1. The number of ketones is 1. The number of hydrogen-bond donors (Lipinski definition) is 1. The molecule has 1 N–H and O–H groups in total. The van der Waals surface area contributed by atoms with Crippen molar-refractivity contribution in [3.63, 3.8) is 0 Å². The number of rotatable bonds is 7. The Bertz CT molecular complexity index is 825. The number of aliphatic hydroxyl groups is 1. The van der Waals surface area contributed by atoms with Crippen LogP contribution in [0.2, 0.25) is 5.02 Å². The fraction of sp³-hybridized carbons (Fsp3) is 0.143. The minimum absolute atomic E-state index is 0.270. The van der Waals surface area contributed by atoms with Gasteiger partial charge < -0.3 is 9.84 Å². The average Bonchev–Trinajstić information content (AvgIpc) is 2.67. The fourth-order valence-corrected chi connectivity index (χ4v) is 2.52. The van der Waals surface area contributed by atoms with Crippen molar-refractivity contribution >= 4 is 35.0 Å². The SMILES string of the molecule is C=C(C[C@](O)(C(=O)/C=C/c1ccc(Cl)cc1)C(=O)OC)c1ccccc1. The zero-order valence-electron chi connectivity index (χ0n) is 14.3. The first-order valence-electron chi connectivity index (χ1n) is 7.89. The maximum Gasteiger partial charge on any atom is 0.346 e. The summed E-state index contributed by atoms with van der Waals surface area (Å²) in [6, 6.07) is 15.8. The maximum absolute atomic E-state index is 12.6. The molecule has 134 valence electrons. The van der Waals surface area contributed by atoms with Crippen LogP contribution in [0.3, 0.4) is 0 Å². The molecule has 0 spiro atoms. The topological polar surface area (TPSA) is 63.6 Å². The van der Waals surface area contributed by atoms with Gasteiger partial charge in [-0.1, -0.05) is 66.7 Å². The van der Waals surface area contributed by atoms with E-state index in [1.165, 1.54) is 6.08 Å². The summed E-state index contributed by atoms with van der Waals surface area (Å²) in [6.45, 7) is 3.88. The third kappa shape index (κ3) is 4.69. The lowest BCUT2D eigenvalue weighted by Gasteiger charge is -2.23. The molecule has 0 heterocycles. The number of halogens is 1. The van der Waals surface area contributed by atoms with Crippen LogP contribution >= 0.6 is 11.6 Å². The highest BCUT2D eigenvalue weighted by molar-refractivity contribution is 6.30. The summed E-state index contributed by atoms with van der Waals surface area (Å²) in [5, 5.41) is 11.3. The van der Waals surface area contributed by atoms with Crippen LogP contribution in [0.15, 0.2) is 67.3 Å². The number of methoxy groups -OCH3 is 1. The van der Waals surface area contributed by atoms with Crippen LogP contribution in [0.1, 0.15) is 17.5 Å². The number of esters is 1. The van der Waals surface area contributed by atoms with Crippen molar-refractivity contribution in [1.82, 2.24) is 0 Å². The molecule has 0 aromatic heterocycles. The van der Waals surface area contributed by atoms with Gasteiger partial charge in [0.2, 0.25) is 5.60 Å². The molecule has 0 aliphatic heterocycles. The second-order valence-corrected chi connectivity index (χ2v) is 6.18. The molecule has 0 saturated heterocycles. The quantitative estimate of drug-likeness (QED) is 0.455. The summed E-state index contributed by atoms with van der Waals surface area (Å²) < 4.78 is 4.64. The highest BCUT2D eigenvalue weighted by atomic mass is 35.5. The van der Waals surface area contributed by atoms with Crippen LogP contribution < -0.4 is 0 Å². The van der Waals surface area contributed by atoms with E-state index in [1.807, 2.05) is 6.07 Å². The van der Waals surface area contributed by atoms with Gasteiger partial charge in [-0.3, -0.25) is 4.79 Å². The van der Waals surface area contributed by atoms with Gasteiger partial charge in [-0.15, -0.1) is 0 Å². The number of benzene rings is 2. The zero-order chi connectivity index (χ0) is 19.2. The highest BCUT2D eigenvalue weighted by Gasteiger charge is 2.44. The Morgan fingerprint density at radius 2 is 1.77 bits per heavy atom. The van der Waals surface area contributed by atoms with Crippen LogP contribution in [-0.4, -0.2) is 29.6 Å². The molecule has 4 nitrogen and oxygen atoms in total. The molecule has 2 aromatic rings. The third-order valence-electron chi connectivity index (χ3n) is 3.88. The number of carbonyl (C=O) groups excluding carboxylic acids is 2. The maximum atomic E-state index is 12.6. The molecule has 2 rings (SSSR count). The molecular formula is C21H19ClO4. The summed E-state index contributed by atoms with van der Waals surface area (Å²) in [7, 11) is 1.12. The number of ether oxygens (including phenoxy) is 1. The molecule has 1 atom stereocenters. The van der Waals surface area contributed by atoms with Crippen LogP contribution in [-0.2, 0) is 14.3 Å². The average molecular weight is 371 g/mol. The summed E-state index contributed by atoms with van der Waals surface area (Å²) in [5.74, 6) is -1.81. The molecule has 0 aliphatic rings. The van der Waals surface area contributed by atoms with E-state index >= 15 is 0 Å². The van der Waals surface area contributed by atoms with Crippen LogP contribution in [0.5, 0.6) is 0 Å². The van der Waals surface area contributed by atoms with Crippen LogP contribution in [0.4, 0.5) is 0 Å². The van der Waals surface area contributed by atoms with Crippen molar-refractivity contribution in [2.75, 3.05) is 7.11 Å². The second-order valence-electron chi connectivity index (χ2n) is 5.75. The Kier molecular flexibility index (Phi) is 6.50. The van der Waals surface area contributed by atoms with E-state index in [-0.39, 0.29) is 6.42 Å². The van der Waals surface area contributed by atoms with Crippen molar-refractivity contribution in [3.05, 3.63) is 83.4 Å². The first-order valence-corrected chi connectivity index (χ1v) is 8.26. The lowest BCUT2D eigenvalue weighted by atomic mass is 9.87. The molecule has 0 amide bonds. The fourth-order valence-electron chi connectivity index (χ4n) is 2.40.